The zero-order valence-corrected chi connectivity index (χ0v) is 9.40. The van der Waals surface area contributed by atoms with E-state index in [1.807, 2.05) is 24.3 Å². The summed E-state index contributed by atoms with van der Waals surface area (Å²) >= 11 is 5.68. The average Bonchev–Trinajstić information content (AvgIpc) is 2.33. The Morgan fingerprint density at radius 2 is 1.75 bits per heavy atom. The van der Waals surface area contributed by atoms with Crippen molar-refractivity contribution >= 4 is 23.2 Å². The Balaban J connectivity index is 2.11. The Morgan fingerprint density at radius 3 is 2.31 bits per heavy atom. The smallest absolute Gasteiger partial charge is 0.227 e. The number of hydrogen-bond acceptors (Lipinski definition) is 4. The topological polar surface area (TPSA) is 47.0 Å². The van der Waals surface area contributed by atoms with E-state index in [1.54, 1.807) is 19.5 Å². The van der Waals surface area contributed by atoms with Crippen LogP contribution in [0.3, 0.4) is 0 Å². The number of ether oxygens (including phenoxy) is 1. The van der Waals surface area contributed by atoms with Crippen LogP contribution in [0.15, 0.2) is 36.7 Å². The van der Waals surface area contributed by atoms with Gasteiger partial charge in [0.2, 0.25) is 5.95 Å². The van der Waals surface area contributed by atoms with Gasteiger partial charge in [0, 0.05) is 5.69 Å². The lowest BCUT2D eigenvalue weighted by atomic mass is 10.3. The van der Waals surface area contributed by atoms with E-state index in [0.717, 1.165) is 11.4 Å². The van der Waals surface area contributed by atoms with Crippen molar-refractivity contribution in [1.82, 2.24) is 9.97 Å². The van der Waals surface area contributed by atoms with Gasteiger partial charge in [-0.3, -0.25) is 0 Å². The number of hydrogen-bond donors (Lipinski definition) is 1. The van der Waals surface area contributed by atoms with Crippen LogP contribution in [0.2, 0.25) is 5.02 Å². The van der Waals surface area contributed by atoms with E-state index in [2.05, 4.69) is 15.3 Å². The molecule has 1 N–H and O–H groups in total. The molecule has 1 heterocycles. The van der Waals surface area contributed by atoms with Crippen LogP contribution in [0.5, 0.6) is 5.75 Å². The van der Waals surface area contributed by atoms with Gasteiger partial charge in [-0.1, -0.05) is 11.6 Å². The summed E-state index contributed by atoms with van der Waals surface area (Å²) in [5.41, 5.74) is 0.892. The second-order valence-electron chi connectivity index (χ2n) is 3.08. The van der Waals surface area contributed by atoms with Gasteiger partial charge in [0.05, 0.1) is 24.5 Å². The number of rotatable bonds is 3. The molecule has 0 atom stereocenters. The first-order chi connectivity index (χ1) is 7.78. The molecule has 2 aromatic rings. The standard InChI is InChI=1S/C11H10ClN3O/c1-16-10-4-2-9(3-5-10)15-11-13-6-8(12)7-14-11/h2-7H,1H3,(H,13,14,15). The largest absolute Gasteiger partial charge is 0.497 e. The minimum absolute atomic E-state index is 0.509. The second kappa shape index (κ2) is 4.81. The molecule has 5 heteroatoms. The Kier molecular flexibility index (Phi) is 3.22. The van der Waals surface area contributed by atoms with Crippen LogP contribution in [0.25, 0.3) is 0 Å². The first kappa shape index (κ1) is 10.7. The number of aromatic nitrogens is 2. The Hall–Kier alpha value is -1.81. The van der Waals surface area contributed by atoms with Gasteiger partial charge in [0.15, 0.2) is 0 Å². The maximum absolute atomic E-state index is 5.68. The van der Waals surface area contributed by atoms with Crippen LogP contribution in [0.4, 0.5) is 11.6 Å². The quantitative estimate of drug-likeness (QED) is 0.889. The minimum Gasteiger partial charge on any atom is -0.497 e. The first-order valence-electron chi connectivity index (χ1n) is 4.66. The highest BCUT2D eigenvalue weighted by Gasteiger charge is 1.97. The molecule has 2 rings (SSSR count). The number of methoxy groups -OCH3 is 1. The van der Waals surface area contributed by atoms with Gasteiger partial charge >= 0.3 is 0 Å². The van der Waals surface area contributed by atoms with E-state index in [4.69, 9.17) is 16.3 Å². The molecule has 0 saturated carbocycles. The monoisotopic (exact) mass is 235 g/mol. The van der Waals surface area contributed by atoms with Crippen molar-refractivity contribution in [1.29, 1.82) is 0 Å². The van der Waals surface area contributed by atoms with Gasteiger partial charge in [0.1, 0.15) is 5.75 Å². The van der Waals surface area contributed by atoms with Gasteiger partial charge in [-0.15, -0.1) is 0 Å². The van der Waals surface area contributed by atoms with Crippen LogP contribution in [-0.2, 0) is 0 Å². The first-order valence-corrected chi connectivity index (χ1v) is 5.04. The predicted octanol–water partition coefficient (Wildman–Crippen LogP) is 2.88. The second-order valence-corrected chi connectivity index (χ2v) is 3.51. The van der Waals surface area contributed by atoms with E-state index in [1.165, 1.54) is 0 Å². The normalized spacial score (nSPS) is 9.88. The SMILES string of the molecule is COc1ccc(Nc2ncc(Cl)cn2)cc1. The lowest BCUT2D eigenvalue weighted by Gasteiger charge is -2.05. The van der Waals surface area contributed by atoms with Gasteiger partial charge in [0.25, 0.3) is 0 Å². The molecule has 0 radical (unpaired) electrons. The van der Waals surface area contributed by atoms with E-state index in [-0.39, 0.29) is 0 Å². The van der Waals surface area contributed by atoms with Gasteiger partial charge in [-0.25, -0.2) is 9.97 Å². The summed E-state index contributed by atoms with van der Waals surface area (Å²) in [6.07, 6.45) is 3.08. The molecule has 0 bridgehead atoms. The number of benzene rings is 1. The Bertz CT molecular complexity index is 456. The van der Waals surface area contributed by atoms with Crippen molar-refractivity contribution in [2.45, 2.75) is 0 Å². The third-order valence-corrected chi connectivity index (χ3v) is 2.16. The van der Waals surface area contributed by atoms with E-state index < -0.39 is 0 Å². The molecule has 0 saturated heterocycles. The van der Waals surface area contributed by atoms with Crippen molar-refractivity contribution in [2.75, 3.05) is 12.4 Å². The average molecular weight is 236 g/mol. The summed E-state index contributed by atoms with van der Waals surface area (Å²) in [5, 5.41) is 3.56. The summed E-state index contributed by atoms with van der Waals surface area (Å²) in [6.45, 7) is 0. The lowest BCUT2D eigenvalue weighted by Crippen LogP contribution is -1.95. The number of halogens is 1. The van der Waals surface area contributed by atoms with Crippen LogP contribution < -0.4 is 10.1 Å². The van der Waals surface area contributed by atoms with Crippen molar-refractivity contribution in [3.8, 4) is 5.75 Å². The Morgan fingerprint density at radius 1 is 1.12 bits per heavy atom. The van der Waals surface area contributed by atoms with Crippen LogP contribution >= 0.6 is 11.6 Å². The molecule has 0 aliphatic rings. The highest BCUT2D eigenvalue weighted by atomic mass is 35.5. The number of nitrogens with one attached hydrogen (secondary N) is 1. The fourth-order valence-corrected chi connectivity index (χ4v) is 1.28. The predicted molar refractivity (Wildman–Crippen MR) is 63.3 cm³/mol. The maximum atomic E-state index is 5.68. The van der Waals surface area contributed by atoms with Crippen LogP contribution in [0.1, 0.15) is 0 Å². The third kappa shape index (κ3) is 2.61. The molecule has 0 aliphatic heterocycles. The van der Waals surface area contributed by atoms with Crippen molar-refractivity contribution in [3.63, 3.8) is 0 Å². The zero-order chi connectivity index (χ0) is 11.4. The van der Waals surface area contributed by atoms with E-state index in [0.29, 0.717) is 11.0 Å². The lowest BCUT2D eigenvalue weighted by molar-refractivity contribution is 0.415. The van der Waals surface area contributed by atoms with Crippen molar-refractivity contribution in [3.05, 3.63) is 41.7 Å². The molecule has 0 aliphatic carbocycles. The van der Waals surface area contributed by atoms with Gasteiger partial charge in [-0.05, 0) is 24.3 Å². The minimum atomic E-state index is 0.509. The molecule has 0 amide bonds. The van der Waals surface area contributed by atoms with E-state index >= 15 is 0 Å². The molecule has 1 aromatic heterocycles. The maximum Gasteiger partial charge on any atom is 0.227 e. The molecule has 16 heavy (non-hydrogen) atoms. The molecule has 1 aromatic carbocycles. The summed E-state index contributed by atoms with van der Waals surface area (Å²) in [4.78, 5) is 8.06. The van der Waals surface area contributed by atoms with Gasteiger partial charge < -0.3 is 10.1 Å². The molecular weight excluding hydrogens is 226 g/mol. The summed E-state index contributed by atoms with van der Waals surface area (Å²) in [6, 6.07) is 7.49. The summed E-state index contributed by atoms with van der Waals surface area (Å²) < 4.78 is 5.06. The molecule has 0 unspecified atom stereocenters. The van der Waals surface area contributed by atoms with Crippen LogP contribution in [0, 0.1) is 0 Å². The Labute approximate surface area is 98.3 Å². The highest BCUT2D eigenvalue weighted by molar-refractivity contribution is 6.30. The zero-order valence-electron chi connectivity index (χ0n) is 8.64. The number of nitrogens with zero attached hydrogens (tertiary/aromatic N) is 2. The molecule has 0 fully saturated rings. The fraction of sp³-hybridized carbons (Fsp3) is 0.0909. The van der Waals surface area contributed by atoms with Crippen molar-refractivity contribution in [2.24, 2.45) is 0 Å². The number of anilines is 2. The summed E-state index contributed by atoms with van der Waals surface area (Å²) in [5.74, 6) is 1.32. The molecule has 4 nitrogen and oxygen atoms in total. The molecule has 0 spiro atoms. The third-order valence-electron chi connectivity index (χ3n) is 1.97. The summed E-state index contributed by atoms with van der Waals surface area (Å²) in [7, 11) is 1.63. The van der Waals surface area contributed by atoms with Crippen LogP contribution in [-0.4, -0.2) is 17.1 Å². The fourth-order valence-electron chi connectivity index (χ4n) is 1.18. The van der Waals surface area contributed by atoms with Crippen molar-refractivity contribution < 1.29 is 4.74 Å². The van der Waals surface area contributed by atoms with E-state index in [9.17, 15) is 0 Å². The molecule has 82 valence electrons. The highest BCUT2D eigenvalue weighted by Crippen LogP contribution is 2.17. The molecular formula is C11H10ClN3O. The van der Waals surface area contributed by atoms with Gasteiger partial charge in [-0.2, -0.15) is 0 Å².